The number of urea groups is 1. The Bertz CT molecular complexity index is 843. The van der Waals surface area contributed by atoms with Gasteiger partial charge in [0.25, 0.3) is 11.8 Å². The fourth-order valence-corrected chi connectivity index (χ4v) is 2.45. The van der Waals surface area contributed by atoms with Crippen LogP contribution in [0.4, 0.5) is 10.5 Å². The van der Waals surface area contributed by atoms with Gasteiger partial charge in [0, 0.05) is 5.56 Å². The van der Waals surface area contributed by atoms with Gasteiger partial charge in [0.05, 0.1) is 28.3 Å². The fourth-order valence-electron chi connectivity index (χ4n) is 2.07. The monoisotopic (exact) mass is 350 g/mol. The fraction of sp³-hybridized carbons (Fsp3) is 0. The lowest BCUT2D eigenvalue weighted by atomic mass is 10.1. The third kappa shape index (κ3) is 2.74. The Labute approximate surface area is 140 Å². The van der Waals surface area contributed by atoms with E-state index >= 15 is 0 Å². The highest BCUT2D eigenvalue weighted by Crippen LogP contribution is 2.34. The zero-order chi connectivity index (χ0) is 16.6. The van der Waals surface area contributed by atoms with Crippen LogP contribution in [0.5, 0.6) is 0 Å². The van der Waals surface area contributed by atoms with Gasteiger partial charge in [-0.25, -0.2) is 9.69 Å². The first-order chi connectivity index (χ1) is 11.0. The summed E-state index contributed by atoms with van der Waals surface area (Å²) < 4.78 is 4.89. The van der Waals surface area contributed by atoms with Gasteiger partial charge in [0.15, 0.2) is 0 Å². The molecule has 1 aliphatic heterocycles. The van der Waals surface area contributed by atoms with E-state index in [0.717, 1.165) is 4.90 Å². The van der Waals surface area contributed by atoms with E-state index in [0.29, 0.717) is 5.56 Å². The van der Waals surface area contributed by atoms with Crippen LogP contribution >= 0.6 is 23.2 Å². The van der Waals surface area contributed by atoms with Crippen LogP contribution in [0.2, 0.25) is 10.0 Å². The van der Waals surface area contributed by atoms with Crippen molar-refractivity contribution >= 4 is 52.8 Å². The van der Waals surface area contributed by atoms with Crippen LogP contribution in [0.25, 0.3) is 6.08 Å². The van der Waals surface area contributed by atoms with Gasteiger partial charge in [-0.3, -0.25) is 14.9 Å². The van der Waals surface area contributed by atoms with Crippen molar-refractivity contribution in [2.24, 2.45) is 0 Å². The zero-order valence-corrected chi connectivity index (χ0v) is 12.9. The summed E-state index contributed by atoms with van der Waals surface area (Å²) in [6.45, 7) is 0. The molecular formula is C15H8Cl2N2O4. The SMILES string of the molecule is O=C1NC(=O)N(c2cccc(Cl)c2Cl)C(=O)/C1=C/c1ccoc1. The topological polar surface area (TPSA) is 79.6 Å². The van der Waals surface area contributed by atoms with Crippen molar-refractivity contribution < 1.29 is 18.8 Å². The summed E-state index contributed by atoms with van der Waals surface area (Å²) in [6, 6.07) is 5.19. The highest BCUT2D eigenvalue weighted by Gasteiger charge is 2.38. The van der Waals surface area contributed by atoms with Crippen LogP contribution in [-0.4, -0.2) is 17.8 Å². The lowest BCUT2D eigenvalue weighted by Crippen LogP contribution is -2.54. The molecule has 0 spiro atoms. The van der Waals surface area contributed by atoms with E-state index in [1.165, 1.54) is 30.7 Å². The highest BCUT2D eigenvalue weighted by molar-refractivity contribution is 6.46. The van der Waals surface area contributed by atoms with Crippen LogP contribution in [0, 0.1) is 0 Å². The average molecular weight is 351 g/mol. The number of halogens is 2. The number of hydrogen-bond donors (Lipinski definition) is 1. The Balaban J connectivity index is 2.07. The van der Waals surface area contributed by atoms with Crippen LogP contribution in [0.1, 0.15) is 5.56 Å². The second kappa shape index (κ2) is 5.91. The number of amides is 4. The van der Waals surface area contributed by atoms with Gasteiger partial charge in [0.1, 0.15) is 5.57 Å². The Kier molecular flexibility index (Phi) is 3.94. The van der Waals surface area contributed by atoms with Crippen molar-refractivity contribution in [2.45, 2.75) is 0 Å². The number of carbonyl (C=O) groups is 3. The van der Waals surface area contributed by atoms with E-state index in [2.05, 4.69) is 5.32 Å². The van der Waals surface area contributed by atoms with Crippen molar-refractivity contribution in [3.8, 4) is 0 Å². The summed E-state index contributed by atoms with van der Waals surface area (Å²) in [6.07, 6.45) is 4.08. The maximum atomic E-state index is 12.6. The van der Waals surface area contributed by atoms with Gasteiger partial charge in [-0.2, -0.15) is 0 Å². The molecule has 1 fully saturated rings. The van der Waals surface area contributed by atoms with Crippen LogP contribution < -0.4 is 10.2 Å². The number of barbiturate groups is 1. The zero-order valence-electron chi connectivity index (χ0n) is 11.4. The Hall–Kier alpha value is -2.57. The number of imide groups is 2. The second-order valence-electron chi connectivity index (χ2n) is 4.59. The molecule has 4 amide bonds. The summed E-state index contributed by atoms with van der Waals surface area (Å²) in [7, 11) is 0. The predicted octanol–water partition coefficient (Wildman–Crippen LogP) is 3.25. The molecule has 2 heterocycles. The minimum atomic E-state index is -0.895. The number of carbonyl (C=O) groups excluding carboxylic acids is 3. The van der Waals surface area contributed by atoms with Crippen molar-refractivity contribution in [2.75, 3.05) is 4.90 Å². The van der Waals surface area contributed by atoms with Crippen LogP contribution in [0.3, 0.4) is 0 Å². The van der Waals surface area contributed by atoms with Crippen molar-refractivity contribution in [1.29, 1.82) is 0 Å². The van der Waals surface area contributed by atoms with E-state index in [1.54, 1.807) is 12.1 Å². The molecule has 0 atom stereocenters. The molecule has 3 rings (SSSR count). The molecule has 0 unspecified atom stereocenters. The molecule has 1 saturated heterocycles. The minimum absolute atomic E-state index is 0.0367. The van der Waals surface area contributed by atoms with E-state index < -0.39 is 17.8 Å². The van der Waals surface area contributed by atoms with Crippen molar-refractivity contribution in [3.05, 3.63) is 58.0 Å². The van der Waals surface area contributed by atoms with Crippen molar-refractivity contribution in [1.82, 2.24) is 5.32 Å². The number of benzene rings is 1. The minimum Gasteiger partial charge on any atom is -0.472 e. The van der Waals surface area contributed by atoms with Crippen LogP contribution in [0.15, 0.2) is 46.8 Å². The molecule has 1 aromatic heterocycles. The molecule has 0 saturated carbocycles. The standard InChI is InChI=1S/C15H8Cl2N2O4/c16-10-2-1-3-11(12(10)17)19-14(21)9(13(20)18-15(19)22)6-8-4-5-23-7-8/h1-7H,(H,18,20,22)/b9-6+. The number of furan rings is 1. The number of anilines is 1. The van der Waals surface area contributed by atoms with Gasteiger partial charge in [-0.15, -0.1) is 0 Å². The number of nitrogens with one attached hydrogen (secondary N) is 1. The van der Waals surface area contributed by atoms with E-state index in [9.17, 15) is 14.4 Å². The van der Waals surface area contributed by atoms with Gasteiger partial charge in [-0.1, -0.05) is 29.3 Å². The molecule has 8 heteroatoms. The molecule has 1 aromatic carbocycles. The summed E-state index contributed by atoms with van der Waals surface area (Å²) in [4.78, 5) is 37.3. The maximum absolute atomic E-state index is 12.6. The average Bonchev–Trinajstić information content (AvgIpc) is 3.01. The van der Waals surface area contributed by atoms with Gasteiger partial charge >= 0.3 is 6.03 Å². The lowest BCUT2D eigenvalue weighted by Gasteiger charge is -2.27. The Morgan fingerprint density at radius 1 is 1.13 bits per heavy atom. The quantitative estimate of drug-likeness (QED) is 0.665. The van der Waals surface area contributed by atoms with Crippen molar-refractivity contribution in [3.63, 3.8) is 0 Å². The molecule has 2 aromatic rings. The third-order valence-corrected chi connectivity index (χ3v) is 3.94. The molecule has 1 N–H and O–H groups in total. The van der Waals surface area contributed by atoms with Gasteiger partial charge in [-0.05, 0) is 24.3 Å². The maximum Gasteiger partial charge on any atom is 0.336 e. The first-order valence-electron chi connectivity index (χ1n) is 6.36. The molecule has 6 nitrogen and oxygen atoms in total. The number of rotatable bonds is 2. The first kappa shape index (κ1) is 15.3. The van der Waals surface area contributed by atoms with Gasteiger partial charge < -0.3 is 4.42 Å². The third-order valence-electron chi connectivity index (χ3n) is 3.13. The summed E-state index contributed by atoms with van der Waals surface area (Å²) >= 11 is 12.0. The summed E-state index contributed by atoms with van der Waals surface area (Å²) in [5, 5.41) is 2.31. The second-order valence-corrected chi connectivity index (χ2v) is 5.37. The molecule has 1 aliphatic rings. The normalized spacial score (nSPS) is 16.9. The lowest BCUT2D eigenvalue weighted by molar-refractivity contribution is -0.122. The Morgan fingerprint density at radius 2 is 1.91 bits per heavy atom. The molecule has 0 radical (unpaired) electrons. The predicted molar refractivity (Wildman–Crippen MR) is 84.2 cm³/mol. The van der Waals surface area contributed by atoms with E-state index in [-0.39, 0.29) is 21.3 Å². The van der Waals surface area contributed by atoms with Gasteiger partial charge in [0.2, 0.25) is 0 Å². The molecule has 23 heavy (non-hydrogen) atoms. The van der Waals surface area contributed by atoms with Crippen LogP contribution in [-0.2, 0) is 9.59 Å². The Morgan fingerprint density at radius 3 is 2.61 bits per heavy atom. The highest BCUT2D eigenvalue weighted by atomic mass is 35.5. The molecule has 0 aliphatic carbocycles. The molecule has 0 bridgehead atoms. The number of nitrogens with zero attached hydrogens (tertiary/aromatic N) is 1. The first-order valence-corrected chi connectivity index (χ1v) is 7.12. The largest absolute Gasteiger partial charge is 0.472 e. The summed E-state index contributed by atoms with van der Waals surface area (Å²) in [5.74, 6) is -1.60. The number of hydrogen-bond acceptors (Lipinski definition) is 4. The molecular weight excluding hydrogens is 343 g/mol. The smallest absolute Gasteiger partial charge is 0.336 e. The summed E-state index contributed by atoms with van der Waals surface area (Å²) in [5.41, 5.74) is 0.379. The van der Waals surface area contributed by atoms with E-state index in [4.69, 9.17) is 27.6 Å². The molecule has 116 valence electrons. The van der Waals surface area contributed by atoms with E-state index in [1.807, 2.05) is 0 Å².